The molecule has 0 heterocycles. The summed E-state index contributed by atoms with van der Waals surface area (Å²) in [5.41, 5.74) is 9.91. The molecule has 0 aliphatic carbocycles. The minimum Gasteiger partial charge on any atom is -0.327 e. The monoisotopic (exact) mass is 217 g/mol. The molecule has 0 bridgehead atoms. The van der Waals surface area contributed by atoms with Gasteiger partial charge in [-0.2, -0.15) is 0 Å². The van der Waals surface area contributed by atoms with Crippen LogP contribution in [0.2, 0.25) is 0 Å². The molecule has 0 fully saturated rings. The summed E-state index contributed by atoms with van der Waals surface area (Å²) in [6, 6.07) is 8.86. The Balaban J connectivity index is 2.80. The van der Waals surface area contributed by atoms with Gasteiger partial charge in [-0.25, -0.2) is 0 Å². The summed E-state index contributed by atoms with van der Waals surface area (Å²) in [6.45, 7) is 9.40. The lowest BCUT2D eigenvalue weighted by molar-refractivity contribution is 0.590. The van der Waals surface area contributed by atoms with Crippen molar-refractivity contribution in [2.75, 3.05) is 6.54 Å². The molecule has 0 aliphatic heterocycles. The van der Waals surface area contributed by atoms with Crippen LogP contribution in [0.3, 0.4) is 0 Å². The number of allylic oxidation sites excluding steroid dienone is 1. The standard InChI is InChI=1S/C15H23N/c1-5-12(11-16)10-13-6-8-14(9-7-13)15(2,3)4/h5-9H,10-11,16H2,1-4H3/b12-5-. The molecule has 0 aromatic heterocycles. The molecular weight excluding hydrogens is 194 g/mol. The highest BCUT2D eigenvalue weighted by molar-refractivity contribution is 5.30. The van der Waals surface area contributed by atoms with Crippen LogP contribution in [-0.2, 0) is 11.8 Å². The van der Waals surface area contributed by atoms with Crippen molar-refractivity contribution in [3.63, 3.8) is 0 Å². The zero-order valence-electron chi connectivity index (χ0n) is 10.9. The fourth-order valence-corrected chi connectivity index (χ4v) is 1.68. The van der Waals surface area contributed by atoms with E-state index in [2.05, 4.69) is 51.1 Å². The molecule has 2 N–H and O–H groups in total. The van der Waals surface area contributed by atoms with Crippen LogP contribution in [0.15, 0.2) is 35.9 Å². The first kappa shape index (κ1) is 13.0. The summed E-state index contributed by atoms with van der Waals surface area (Å²) in [4.78, 5) is 0. The van der Waals surface area contributed by atoms with Crippen molar-refractivity contribution in [2.24, 2.45) is 5.73 Å². The highest BCUT2D eigenvalue weighted by Crippen LogP contribution is 2.22. The van der Waals surface area contributed by atoms with E-state index in [1.807, 2.05) is 6.92 Å². The average Bonchev–Trinajstić information content (AvgIpc) is 2.25. The first-order valence-corrected chi connectivity index (χ1v) is 5.91. The van der Waals surface area contributed by atoms with Crippen molar-refractivity contribution in [3.8, 4) is 0 Å². The van der Waals surface area contributed by atoms with E-state index in [-0.39, 0.29) is 5.41 Å². The Hall–Kier alpha value is -1.08. The second kappa shape index (κ2) is 5.31. The normalized spacial score (nSPS) is 12.9. The predicted octanol–water partition coefficient (Wildman–Crippen LogP) is 3.43. The van der Waals surface area contributed by atoms with Gasteiger partial charge in [-0.15, -0.1) is 0 Å². The Morgan fingerprint density at radius 3 is 2.12 bits per heavy atom. The van der Waals surface area contributed by atoms with Gasteiger partial charge in [0.1, 0.15) is 0 Å². The molecule has 88 valence electrons. The van der Waals surface area contributed by atoms with Crippen LogP contribution in [0.4, 0.5) is 0 Å². The summed E-state index contributed by atoms with van der Waals surface area (Å²) < 4.78 is 0. The highest BCUT2D eigenvalue weighted by atomic mass is 14.5. The van der Waals surface area contributed by atoms with Gasteiger partial charge >= 0.3 is 0 Å². The Bertz CT molecular complexity index is 352. The van der Waals surface area contributed by atoms with Crippen molar-refractivity contribution in [2.45, 2.75) is 39.5 Å². The lowest BCUT2D eigenvalue weighted by Crippen LogP contribution is -2.11. The maximum absolute atomic E-state index is 5.66. The van der Waals surface area contributed by atoms with E-state index in [0.29, 0.717) is 6.54 Å². The zero-order chi connectivity index (χ0) is 12.2. The molecule has 1 rings (SSSR count). The Labute approximate surface area is 99.4 Å². The third kappa shape index (κ3) is 3.49. The van der Waals surface area contributed by atoms with Crippen LogP contribution < -0.4 is 5.73 Å². The van der Waals surface area contributed by atoms with E-state index < -0.39 is 0 Å². The van der Waals surface area contributed by atoms with E-state index in [4.69, 9.17) is 5.73 Å². The van der Waals surface area contributed by atoms with Crippen molar-refractivity contribution in [1.29, 1.82) is 0 Å². The molecule has 0 unspecified atom stereocenters. The molecule has 1 nitrogen and oxygen atoms in total. The second-order valence-electron chi connectivity index (χ2n) is 5.27. The van der Waals surface area contributed by atoms with E-state index in [1.54, 1.807) is 0 Å². The van der Waals surface area contributed by atoms with Gasteiger partial charge in [-0.05, 0) is 29.9 Å². The Morgan fingerprint density at radius 2 is 1.75 bits per heavy atom. The summed E-state index contributed by atoms with van der Waals surface area (Å²) in [7, 11) is 0. The number of nitrogens with two attached hydrogens (primary N) is 1. The topological polar surface area (TPSA) is 26.0 Å². The highest BCUT2D eigenvalue weighted by Gasteiger charge is 2.12. The second-order valence-corrected chi connectivity index (χ2v) is 5.27. The molecule has 0 saturated carbocycles. The third-order valence-electron chi connectivity index (χ3n) is 2.92. The van der Waals surface area contributed by atoms with Gasteiger partial charge in [0.05, 0.1) is 0 Å². The maximum Gasteiger partial charge on any atom is 0.0140 e. The van der Waals surface area contributed by atoms with E-state index in [9.17, 15) is 0 Å². The maximum atomic E-state index is 5.66. The molecule has 0 aliphatic rings. The van der Waals surface area contributed by atoms with Crippen LogP contribution in [0, 0.1) is 0 Å². The smallest absolute Gasteiger partial charge is 0.0140 e. The van der Waals surface area contributed by atoms with Crippen molar-refractivity contribution in [3.05, 3.63) is 47.0 Å². The molecule has 0 spiro atoms. The molecule has 1 heteroatoms. The van der Waals surface area contributed by atoms with Gasteiger partial charge in [0.2, 0.25) is 0 Å². The predicted molar refractivity (Wildman–Crippen MR) is 71.7 cm³/mol. The first-order valence-electron chi connectivity index (χ1n) is 5.91. The third-order valence-corrected chi connectivity index (χ3v) is 2.92. The van der Waals surface area contributed by atoms with Crippen molar-refractivity contribution < 1.29 is 0 Å². The van der Waals surface area contributed by atoms with Crippen LogP contribution in [-0.4, -0.2) is 6.54 Å². The van der Waals surface area contributed by atoms with Gasteiger partial charge in [0, 0.05) is 6.54 Å². The number of benzene rings is 1. The molecule has 16 heavy (non-hydrogen) atoms. The van der Waals surface area contributed by atoms with Crippen LogP contribution >= 0.6 is 0 Å². The number of hydrogen-bond donors (Lipinski definition) is 1. The lowest BCUT2D eigenvalue weighted by Gasteiger charge is -2.19. The molecule has 0 atom stereocenters. The van der Waals surface area contributed by atoms with Gasteiger partial charge in [-0.1, -0.05) is 56.7 Å². The first-order chi connectivity index (χ1) is 7.47. The van der Waals surface area contributed by atoms with E-state index in [1.165, 1.54) is 16.7 Å². The van der Waals surface area contributed by atoms with E-state index in [0.717, 1.165) is 6.42 Å². The Kier molecular flexibility index (Phi) is 4.31. The minimum absolute atomic E-state index is 0.232. The van der Waals surface area contributed by atoms with Crippen molar-refractivity contribution in [1.82, 2.24) is 0 Å². The molecule has 1 aromatic carbocycles. The SMILES string of the molecule is C/C=C(\CN)Cc1ccc(C(C)(C)C)cc1. The fraction of sp³-hybridized carbons (Fsp3) is 0.467. The fourth-order valence-electron chi connectivity index (χ4n) is 1.68. The van der Waals surface area contributed by atoms with Crippen LogP contribution in [0.25, 0.3) is 0 Å². The average molecular weight is 217 g/mol. The minimum atomic E-state index is 0.232. The molecule has 1 aromatic rings. The van der Waals surface area contributed by atoms with Gasteiger partial charge in [0.25, 0.3) is 0 Å². The molecule has 0 amide bonds. The summed E-state index contributed by atoms with van der Waals surface area (Å²) in [5, 5.41) is 0. The zero-order valence-corrected chi connectivity index (χ0v) is 10.9. The molecule has 0 radical (unpaired) electrons. The van der Waals surface area contributed by atoms with Gasteiger partial charge in [-0.3, -0.25) is 0 Å². The summed E-state index contributed by atoms with van der Waals surface area (Å²) in [6.07, 6.45) is 3.08. The number of rotatable bonds is 3. The molecule has 0 saturated heterocycles. The van der Waals surface area contributed by atoms with Gasteiger partial charge in [0.15, 0.2) is 0 Å². The summed E-state index contributed by atoms with van der Waals surface area (Å²) in [5.74, 6) is 0. The number of hydrogen-bond acceptors (Lipinski definition) is 1. The van der Waals surface area contributed by atoms with Crippen LogP contribution in [0.1, 0.15) is 38.8 Å². The van der Waals surface area contributed by atoms with Gasteiger partial charge < -0.3 is 5.73 Å². The lowest BCUT2D eigenvalue weighted by atomic mass is 9.86. The van der Waals surface area contributed by atoms with E-state index >= 15 is 0 Å². The summed E-state index contributed by atoms with van der Waals surface area (Å²) >= 11 is 0. The van der Waals surface area contributed by atoms with Crippen molar-refractivity contribution >= 4 is 0 Å². The molecular formula is C15H23N. The largest absolute Gasteiger partial charge is 0.327 e. The Morgan fingerprint density at radius 1 is 1.19 bits per heavy atom. The quantitative estimate of drug-likeness (QED) is 0.771. The van der Waals surface area contributed by atoms with Crippen LogP contribution in [0.5, 0.6) is 0 Å².